The molecule has 1 unspecified atom stereocenters. The van der Waals surface area contributed by atoms with Crippen LogP contribution in [0.4, 0.5) is 5.82 Å². The largest absolute Gasteiger partial charge is 0.363 e. The second-order valence-electron chi connectivity index (χ2n) is 8.95. The summed E-state index contributed by atoms with van der Waals surface area (Å²) in [5.74, 6) is 1.14. The molecule has 0 aromatic carbocycles. The zero-order valence-electron chi connectivity index (χ0n) is 17.2. The summed E-state index contributed by atoms with van der Waals surface area (Å²) in [5.41, 5.74) is 0.248. The van der Waals surface area contributed by atoms with Crippen molar-refractivity contribution in [1.82, 2.24) is 14.8 Å². The van der Waals surface area contributed by atoms with Crippen LogP contribution in [0.5, 0.6) is 0 Å². The third-order valence-electron chi connectivity index (χ3n) is 6.88. The molecule has 6 heteroatoms. The predicted octanol–water partition coefficient (Wildman–Crippen LogP) is 2.94. The van der Waals surface area contributed by atoms with Gasteiger partial charge in [0.05, 0.1) is 11.0 Å². The van der Waals surface area contributed by atoms with Gasteiger partial charge in [-0.3, -0.25) is 9.59 Å². The van der Waals surface area contributed by atoms with Crippen LogP contribution in [0.3, 0.4) is 0 Å². The van der Waals surface area contributed by atoms with Crippen molar-refractivity contribution in [2.24, 2.45) is 5.41 Å². The molecule has 2 aliphatic heterocycles. The van der Waals surface area contributed by atoms with Gasteiger partial charge >= 0.3 is 0 Å². The summed E-state index contributed by atoms with van der Waals surface area (Å²) in [4.78, 5) is 36.8. The molecule has 28 heavy (non-hydrogen) atoms. The van der Waals surface area contributed by atoms with Crippen LogP contribution in [-0.4, -0.2) is 66.4 Å². The molecule has 1 aromatic rings. The second-order valence-corrected chi connectivity index (χ2v) is 8.95. The maximum Gasteiger partial charge on any atom is 0.255 e. The Hall–Kier alpha value is -2.11. The summed E-state index contributed by atoms with van der Waals surface area (Å²) < 4.78 is 0. The molecule has 0 radical (unpaired) electrons. The van der Waals surface area contributed by atoms with Gasteiger partial charge in [-0.05, 0) is 44.2 Å². The molecule has 0 N–H and O–H groups in total. The van der Waals surface area contributed by atoms with Crippen LogP contribution in [0.1, 0.15) is 61.7 Å². The van der Waals surface area contributed by atoms with Crippen molar-refractivity contribution in [1.29, 1.82) is 0 Å². The highest BCUT2D eigenvalue weighted by Crippen LogP contribution is 2.42. The molecule has 0 bridgehead atoms. The van der Waals surface area contributed by atoms with E-state index >= 15 is 0 Å². The lowest BCUT2D eigenvalue weighted by Gasteiger charge is -2.44. The Morgan fingerprint density at radius 2 is 1.89 bits per heavy atom. The smallest absolute Gasteiger partial charge is 0.255 e. The Morgan fingerprint density at radius 3 is 2.57 bits per heavy atom. The maximum absolute atomic E-state index is 13.4. The van der Waals surface area contributed by atoms with E-state index in [2.05, 4.69) is 9.88 Å². The van der Waals surface area contributed by atoms with Gasteiger partial charge in [-0.15, -0.1) is 0 Å². The van der Waals surface area contributed by atoms with Crippen molar-refractivity contribution in [3.8, 4) is 0 Å². The summed E-state index contributed by atoms with van der Waals surface area (Å²) in [6.07, 6.45) is 10.5. The highest BCUT2D eigenvalue weighted by Gasteiger charge is 2.50. The number of pyridine rings is 1. The van der Waals surface area contributed by atoms with Crippen LogP contribution < -0.4 is 4.90 Å². The maximum atomic E-state index is 13.4. The first kappa shape index (κ1) is 19.2. The van der Waals surface area contributed by atoms with Gasteiger partial charge in [0.2, 0.25) is 5.91 Å². The van der Waals surface area contributed by atoms with E-state index in [1.807, 2.05) is 36.0 Å². The molecule has 2 amide bonds. The summed E-state index contributed by atoms with van der Waals surface area (Å²) in [6, 6.07) is 4.13. The zero-order valence-corrected chi connectivity index (χ0v) is 17.2. The lowest BCUT2D eigenvalue weighted by molar-refractivity contribution is -0.149. The number of aromatic nitrogens is 1. The number of piperidine rings is 1. The number of hydrogen-bond acceptors (Lipinski definition) is 4. The normalized spacial score (nSPS) is 26.1. The van der Waals surface area contributed by atoms with E-state index in [-0.39, 0.29) is 11.3 Å². The van der Waals surface area contributed by atoms with Gasteiger partial charge < -0.3 is 14.7 Å². The molecule has 1 aliphatic carbocycles. The van der Waals surface area contributed by atoms with Gasteiger partial charge in [0.1, 0.15) is 5.82 Å². The standard InChI is InChI=1S/C22H32N4O2/c1-24(2)19-10-9-17(15-23-19)20(27)25-14-12-22(16-25)11-6-13-26(21(22)28)18-7-4-3-5-8-18/h9-10,15,18H,3-8,11-14,16H2,1-2H3. The van der Waals surface area contributed by atoms with E-state index in [0.717, 1.165) is 44.5 Å². The second kappa shape index (κ2) is 7.72. The fraction of sp³-hybridized carbons (Fsp3) is 0.682. The molecule has 1 saturated carbocycles. The van der Waals surface area contributed by atoms with Crippen LogP contribution in [0, 0.1) is 5.41 Å². The van der Waals surface area contributed by atoms with Gasteiger partial charge in [-0.25, -0.2) is 4.98 Å². The minimum Gasteiger partial charge on any atom is -0.363 e. The first-order valence-corrected chi connectivity index (χ1v) is 10.7. The van der Waals surface area contributed by atoms with Crippen LogP contribution in [0.15, 0.2) is 18.3 Å². The molecule has 2 saturated heterocycles. The molecule has 6 nitrogen and oxygen atoms in total. The van der Waals surface area contributed by atoms with Crippen molar-refractivity contribution in [2.75, 3.05) is 38.6 Å². The minimum absolute atomic E-state index is 0.00253. The van der Waals surface area contributed by atoms with Crippen molar-refractivity contribution in [3.63, 3.8) is 0 Å². The Labute approximate surface area is 167 Å². The fourth-order valence-electron chi connectivity index (χ4n) is 5.23. The van der Waals surface area contributed by atoms with Crippen molar-refractivity contribution < 1.29 is 9.59 Å². The quantitative estimate of drug-likeness (QED) is 0.804. The predicted molar refractivity (Wildman–Crippen MR) is 109 cm³/mol. The molecule has 1 atom stereocenters. The molecule has 3 aliphatic rings. The molecule has 4 rings (SSSR count). The van der Waals surface area contributed by atoms with Gasteiger partial charge in [-0.2, -0.15) is 0 Å². The first-order chi connectivity index (χ1) is 13.5. The number of amides is 2. The van der Waals surface area contributed by atoms with E-state index in [1.54, 1.807) is 6.20 Å². The van der Waals surface area contributed by atoms with Crippen LogP contribution >= 0.6 is 0 Å². The van der Waals surface area contributed by atoms with Gasteiger partial charge in [0.15, 0.2) is 0 Å². The van der Waals surface area contributed by atoms with E-state index in [1.165, 1.54) is 19.3 Å². The highest BCUT2D eigenvalue weighted by molar-refractivity contribution is 5.95. The lowest BCUT2D eigenvalue weighted by atomic mass is 9.77. The van der Waals surface area contributed by atoms with Gasteiger partial charge in [0, 0.05) is 46.0 Å². The Balaban J connectivity index is 1.46. The fourth-order valence-corrected chi connectivity index (χ4v) is 5.23. The third-order valence-corrected chi connectivity index (χ3v) is 6.88. The third kappa shape index (κ3) is 3.49. The monoisotopic (exact) mass is 384 g/mol. The van der Waals surface area contributed by atoms with E-state index in [4.69, 9.17) is 0 Å². The summed E-state index contributed by atoms with van der Waals surface area (Å²) in [6.45, 7) is 2.12. The first-order valence-electron chi connectivity index (χ1n) is 10.7. The molecule has 152 valence electrons. The molecular weight excluding hydrogens is 352 g/mol. The Morgan fingerprint density at radius 1 is 1.11 bits per heavy atom. The lowest BCUT2D eigenvalue weighted by Crippen LogP contribution is -2.54. The Kier molecular flexibility index (Phi) is 5.30. The number of rotatable bonds is 3. The van der Waals surface area contributed by atoms with Crippen LogP contribution in [-0.2, 0) is 4.79 Å². The summed E-state index contributed by atoms with van der Waals surface area (Å²) in [7, 11) is 3.86. The van der Waals surface area contributed by atoms with E-state index in [0.29, 0.717) is 30.6 Å². The van der Waals surface area contributed by atoms with Gasteiger partial charge in [0.25, 0.3) is 5.91 Å². The number of hydrogen-bond donors (Lipinski definition) is 0. The van der Waals surface area contributed by atoms with E-state index in [9.17, 15) is 9.59 Å². The molecule has 3 heterocycles. The average molecular weight is 385 g/mol. The number of carbonyl (C=O) groups is 2. The molecule has 1 aromatic heterocycles. The topological polar surface area (TPSA) is 56.8 Å². The average Bonchev–Trinajstić information content (AvgIpc) is 3.15. The van der Waals surface area contributed by atoms with Crippen molar-refractivity contribution in [3.05, 3.63) is 23.9 Å². The number of anilines is 1. The van der Waals surface area contributed by atoms with E-state index < -0.39 is 0 Å². The van der Waals surface area contributed by atoms with Crippen molar-refractivity contribution in [2.45, 2.75) is 57.4 Å². The van der Waals surface area contributed by atoms with Crippen molar-refractivity contribution >= 4 is 17.6 Å². The van der Waals surface area contributed by atoms with Crippen LogP contribution in [0.25, 0.3) is 0 Å². The summed E-state index contributed by atoms with van der Waals surface area (Å²) >= 11 is 0. The molecular formula is C22H32N4O2. The number of carbonyl (C=O) groups excluding carboxylic acids is 2. The number of likely N-dealkylation sites (tertiary alicyclic amines) is 2. The SMILES string of the molecule is CN(C)c1ccc(C(=O)N2CCC3(CCCN(C4CCCCC4)C3=O)C2)cn1. The highest BCUT2D eigenvalue weighted by atomic mass is 16.2. The molecule has 1 spiro atoms. The Bertz CT molecular complexity index is 727. The minimum atomic E-state index is -0.359. The van der Waals surface area contributed by atoms with Crippen LogP contribution in [0.2, 0.25) is 0 Å². The summed E-state index contributed by atoms with van der Waals surface area (Å²) in [5, 5.41) is 0. The molecule has 3 fully saturated rings. The number of nitrogens with zero attached hydrogens (tertiary/aromatic N) is 4. The zero-order chi connectivity index (χ0) is 19.7. The van der Waals surface area contributed by atoms with Gasteiger partial charge in [-0.1, -0.05) is 19.3 Å².